The Hall–Kier alpha value is -0.340. The number of hydrogen-bond donors (Lipinski definition) is 2. The minimum Gasteiger partial charge on any atom is -0.392 e. The van der Waals surface area contributed by atoms with E-state index in [4.69, 9.17) is 0 Å². The maximum atomic E-state index is 10.2. The molecule has 2 N–H and O–H groups in total. The second-order valence-corrected chi connectivity index (χ2v) is 5.10. The Kier molecular flexibility index (Phi) is 2.93. The Bertz CT molecular complexity index is 232. The fourth-order valence-electron chi connectivity index (χ4n) is 2.79. The van der Waals surface area contributed by atoms with E-state index in [1.807, 2.05) is 0 Å². The van der Waals surface area contributed by atoms with Gasteiger partial charge < -0.3 is 10.4 Å². The second-order valence-electron chi connectivity index (χ2n) is 5.10. The third-order valence-corrected chi connectivity index (χ3v) is 3.61. The molecule has 1 fully saturated rings. The van der Waals surface area contributed by atoms with E-state index in [1.165, 1.54) is 5.57 Å². The molecule has 1 heterocycles. The predicted octanol–water partition coefficient (Wildman–Crippen LogP) is 1.56. The molecule has 1 saturated heterocycles. The van der Waals surface area contributed by atoms with Crippen molar-refractivity contribution in [3.8, 4) is 0 Å². The lowest BCUT2D eigenvalue weighted by Gasteiger charge is -2.38. The average Bonchev–Trinajstić information content (AvgIpc) is 1.98. The highest BCUT2D eigenvalue weighted by Crippen LogP contribution is 2.33. The molecule has 0 radical (unpaired) electrons. The number of aliphatic hydroxyl groups excluding tert-OH is 1. The summed E-state index contributed by atoms with van der Waals surface area (Å²) in [6, 6.07) is 0. The molecule has 14 heavy (non-hydrogen) atoms. The first-order chi connectivity index (χ1) is 6.66. The van der Waals surface area contributed by atoms with Crippen molar-refractivity contribution in [3.63, 3.8) is 0 Å². The van der Waals surface area contributed by atoms with E-state index in [1.54, 1.807) is 0 Å². The first-order valence-electron chi connectivity index (χ1n) is 5.73. The van der Waals surface area contributed by atoms with Gasteiger partial charge in [-0.25, -0.2) is 0 Å². The molecule has 0 aromatic carbocycles. The molecule has 3 atom stereocenters. The van der Waals surface area contributed by atoms with Crippen LogP contribution in [-0.2, 0) is 0 Å². The summed E-state index contributed by atoms with van der Waals surface area (Å²) in [4.78, 5) is 0. The van der Waals surface area contributed by atoms with Crippen molar-refractivity contribution in [1.29, 1.82) is 0 Å². The van der Waals surface area contributed by atoms with Gasteiger partial charge in [-0.1, -0.05) is 18.6 Å². The SMILES string of the molecule is CC1=CC(C)CC(C(O)C2CNC2)C1. The van der Waals surface area contributed by atoms with Crippen LogP contribution in [0.1, 0.15) is 26.7 Å². The van der Waals surface area contributed by atoms with Crippen molar-refractivity contribution >= 4 is 0 Å². The maximum Gasteiger partial charge on any atom is 0.0624 e. The zero-order valence-corrected chi connectivity index (χ0v) is 9.16. The number of nitrogens with one attached hydrogen (secondary N) is 1. The summed E-state index contributed by atoms with van der Waals surface area (Å²) in [6.07, 6.45) is 4.53. The largest absolute Gasteiger partial charge is 0.392 e. The number of allylic oxidation sites excluding steroid dienone is 2. The Morgan fingerprint density at radius 1 is 1.43 bits per heavy atom. The van der Waals surface area contributed by atoms with Crippen LogP contribution >= 0.6 is 0 Å². The van der Waals surface area contributed by atoms with E-state index in [2.05, 4.69) is 25.2 Å². The third-order valence-electron chi connectivity index (χ3n) is 3.61. The summed E-state index contributed by atoms with van der Waals surface area (Å²) in [6.45, 7) is 6.46. The van der Waals surface area contributed by atoms with Crippen molar-refractivity contribution in [2.24, 2.45) is 17.8 Å². The molecule has 1 aliphatic heterocycles. The van der Waals surface area contributed by atoms with Gasteiger partial charge in [0.25, 0.3) is 0 Å². The van der Waals surface area contributed by atoms with Gasteiger partial charge >= 0.3 is 0 Å². The molecule has 2 aliphatic rings. The van der Waals surface area contributed by atoms with Crippen LogP contribution in [-0.4, -0.2) is 24.3 Å². The maximum absolute atomic E-state index is 10.2. The first kappa shape index (κ1) is 10.2. The lowest BCUT2D eigenvalue weighted by atomic mass is 9.76. The summed E-state index contributed by atoms with van der Waals surface area (Å²) in [7, 11) is 0. The fourth-order valence-corrected chi connectivity index (χ4v) is 2.79. The van der Waals surface area contributed by atoms with E-state index in [0.717, 1.165) is 25.9 Å². The summed E-state index contributed by atoms with van der Waals surface area (Å²) >= 11 is 0. The molecule has 2 heteroatoms. The van der Waals surface area contributed by atoms with Crippen molar-refractivity contribution in [3.05, 3.63) is 11.6 Å². The Morgan fingerprint density at radius 3 is 2.64 bits per heavy atom. The highest BCUT2D eigenvalue weighted by Gasteiger charge is 2.33. The van der Waals surface area contributed by atoms with Crippen molar-refractivity contribution in [2.45, 2.75) is 32.8 Å². The monoisotopic (exact) mass is 195 g/mol. The van der Waals surface area contributed by atoms with Gasteiger partial charge in [0.1, 0.15) is 0 Å². The van der Waals surface area contributed by atoms with Crippen LogP contribution in [0.4, 0.5) is 0 Å². The lowest BCUT2D eigenvalue weighted by molar-refractivity contribution is 0.0178. The Labute approximate surface area is 86.4 Å². The molecule has 0 amide bonds. The molecule has 0 saturated carbocycles. The number of aliphatic hydroxyl groups is 1. The van der Waals surface area contributed by atoms with E-state index >= 15 is 0 Å². The molecule has 1 aliphatic carbocycles. The molecule has 3 unspecified atom stereocenters. The normalized spacial score (nSPS) is 36.1. The van der Waals surface area contributed by atoms with Crippen LogP contribution in [0.2, 0.25) is 0 Å². The van der Waals surface area contributed by atoms with Crippen molar-refractivity contribution < 1.29 is 5.11 Å². The summed E-state index contributed by atoms with van der Waals surface area (Å²) in [5, 5.41) is 13.4. The smallest absolute Gasteiger partial charge is 0.0624 e. The minimum atomic E-state index is -0.0812. The van der Waals surface area contributed by atoms with Gasteiger partial charge in [-0.3, -0.25) is 0 Å². The van der Waals surface area contributed by atoms with Crippen LogP contribution in [0.3, 0.4) is 0 Å². The topological polar surface area (TPSA) is 32.3 Å². The molecule has 0 aromatic rings. The zero-order valence-electron chi connectivity index (χ0n) is 9.16. The van der Waals surface area contributed by atoms with Crippen molar-refractivity contribution in [1.82, 2.24) is 5.32 Å². The highest BCUT2D eigenvalue weighted by atomic mass is 16.3. The fraction of sp³-hybridized carbons (Fsp3) is 0.833. The van der Waals surface area contributed by atoms with Gasteiger partial charge in [0, 0.05) is 19.0 Å². The molecule has 2 rings (SSSR count). The number of hydrogen-bond acceptors (Lipinski definition) is 2. The van der Waals surface area contributed by atoms with E-state index in [-0.39, 0.29) is 6.10 Å². The highest BCUT2D eigenvalue weighted by molar-refractivity contribution is 5.08. The van der Waals surface area contributed by atoms with E-state index < -0.39 is 0 Å². The average molecular weight is 195 g/mol. The lowest BCUT2D eigenvalue weighted by Crippen LogP contribution is -2.51. The number of rotatable bonds is 2. The van der Waals surface area contributed by atoms with Gasteiger partial charge in [0.15, 0.2) is 0 Å². The van der Waals surface area contributed by atoms with E-state index in [9.17, 15) is 5.11 Å². The predicted molar refractivity (Wildman–Crippen MR) is 58.0 cm³/mol. The van der Waals surface area contributed by atoms with Crippen LogP contribution in [0.15, 0.2) is 11.6 Å². The van der Waals surface area contributed by atoms with Crippen LogP contribution in [0, 0.1) is 17.8 Å². The standard InChI is InChI=1S/C12H21NO/c1-8-3-9(2)5-10(4-8)12(14)11-6-13-7-11/h3,8,10-14H,4-7H2,1-2H3. The van der Waals surface area contributed by atoms with Crippen LogP contribution < -0.4 is 5.32 Å². The minimum absolute atomic E-state index is 0.0812. The molecular weight excluding hydrogens is 174 g/mol. The van der Waals surface area contributed by atoms with Gasteiger partial charge in [-0.2, -0.15) is 0 Å². The summed E-state index contributed by atoms with van der Waals surface area (Å²) in [5.41, 5.74) is 1.46. The van der Waals surface area contributed by atoms with Crippen LogP contribution in [0.25, 0.3) is 0 Å². The van der Waals surface area contributed by atoms with Gasteiger partial charge in [-0.15, -0.1) is 0 Å². The van der Waals surface area contributed by atoms with Gasteiger partial charge in [-0.05, 0) is 31.6 Å². The molecule has 0 aromatic heterocycles. The molecule has 2 nitrogen and oxygen atoms in total. The zero-order chi connectivity index (χ0) is 10.1. The van der Waals surface area contributed by atoms with Crippen molar-refractivity contribution in [2.75, 3.05) is 13.1 Å². The first-order valence-corrected chi connectivity index (χ1v) is 5.73. The second kappa shape index (κ2) is 4.03. The van der Waals surface area contributed by atoms with Gasteiger partial charge in [0.05, 0.1) is 6.10 Å². The van der Waals surface area contributed by atoms with Gasteiger partial charge in [0.2, 0.25) is 0 Å². The third kappa shape index (κ3) is 2.01. The molecule has 80 valence electrons. The molecular formula is C12H21NO. The molecule has 0 spiro atoms. The quantitative estimate of drug-likeness (QED) is 0.655. The van der Waals surface area contributed by atoms with Crippen LogP contribution in [0.5, 0.6) is 0 Å². The molecule has 0 bridgehead atoms. The Balaban J connectivity index is 1.94. The Morgan fingerprint density at radius 2 is 2.14 bits per heavy atom. The summed E-state index contributed by atoms with van der Waals surface area (Å²) < 4.78 is 0. The summed E-state index contributed by atoms with van der Waals surface area (Å²) in [5.74, 6) is 1.66. The van der Waals surface area contributed by atoms with E-state index in [0.29, 0.717) is 17.8 Å².